The Labute approximate surface area is 70.7 Å². The van der Waals surface area contributed by atoms with Crippen LogP contribution in [0, 0.1) is 16.7 Å². The summed E-state index contributed by atoms with van der Waals surface area (Å²) in [5, 5.41) is 24.6. The molecule has 0 unspecified atom stereocenters. The first-order valence-corrected chi connectivity index (χ1v) is 2.79. The van der Waals surface area contributed by atoms with Gasteiger partial charge in [-0.25, -0.2) is 0 Å². The molecule has 11 heavy (non-hydrogen) atoms. The van der Waals surface area contributed by atoms with E-state index < -0.39 is 0 Å². The number of amidine groups is 1. The summed E-state index contributed by atoms with van der Waals surface area (Å²) in [5.74, 6) is 0.0926. The van der Waals surface area contributed by atoms with Crippen molar-refractivity contribution in [3.8, 4) is 6.07 Å². The molecule has 1 heterocycles. The summed E-state index contributed by atoms with van der Waals surface area (Å²) in [5.41, 5.74) is 0.0856. The third kappa shape index (κ3) is 1.44. The van der Waals surface area contributed by atoms with Crippen LogP contribution in [0.4, 0.5) is 0 Å². The smallest absolute Gasteiger partial charge is 0.142 e. The van der Waals surface area contributed by atoms with Crippen molar-refractivity contribution < 1.29 is 5.11 Å². The number of rotatable bonds is 0. The number of nitriles is 1. The summed E-state index contributed by atoms with van der Waals surface area (Å²) >= 11 is 0. The lowest BCUT2D eigenvalue weighted by molar-refractivity contribution is 0.369. The number of hydrogen-bond donors (Lipinski definition) is 2. The topological polar surface area (TPSA) is 71.1 Å². The molecule has 2 N–H and O–H groups in total. The van der Waals surface area contributed by atoms with Crippen LogP contribution in [0.5, 0.6) is 0 Å². The molecule has 0 amide bonds. The van der Waals surface area contributed by atoms with Gasteiger partial charge in [0.1, 0.15) is 23.2 Å². The molecule has 0 saturated heterocycles. The van der Waals surface area contributed by atoms with Crippen molar-refractivity contribution in [3.05, 3.63) is 11.3 Å². The largest absolute Gasteiger partial charge is 0.509 e. The first kappa shape index (κ1) is 9.79. The molecule has 1 rings (SSSR count). The molecule has 0 aromatic heterocycles. The third-order valence-electron chi connectivity index (χ3n) is 1.41. The van der Waals surface area contributed by atoms with Crippen LogP contribution in [0.15, 0.2) is 11.3 Å². The van der Waals surface area contributed by atoms with E-state index in [1.54, 1.807) is 13.1 Å². The number of hydrogen-bond acceptors (Lipinski definition) is 3. The van der Waals surface area contributed by atoms with Gasteiger partial charge in [-0.15, -0.1) is 12.4 Å². The minimum Gasteiger partial charge on any atom is -0.509 e. The number of likely N-dealkylation sites (N-methyl/N-ethyl adjacent to an activating group) is 1. The Morgan fingerprint density at radius 3 is 2.45 bits per heavy atom. The highest BCUT2D eigenvalue weighted by Gasteiger charge is 2.23. The lowest BCUT2D eigenvalue weighted by atomic mass is 10.3. The fourth-order valence-electron chi connectivity index (χ4n) is 0.828. The van der Waals surface area contributed by atoms with Crippen LogP contribution in [0.1, 0.15) is 0 Å². The Kier molecular flexibility index (Phi) is 2.90. The van der Waals surface area contributed by atoms with Crippen LogP contribution in [-0.2, 0) is 0 Å². The van der Waals surface area contributed by atoms with Crippen molar-refractivity contribution in [2.75, 3.05) is 13.6 Å². The molecule has 0 bridgehead atoms. The molecule has 0 radical (unpaired) electrons. The second-order valence-electron chi connectivity index (χ2n) is 2.14. The van der Waals surface area contributed by atoms with Gasteiger partial charge in [0.15, 0.2) is 0 Å². The van der Waals surface area contributed by atoms with E-state index in [2.05, 4.69) is 0 Å². The molecule has 5 heteroatoms. The van der Waals surface area contributed by atoms with Gasteiger partial charge in [-0.3, -0.25) is 5.41 Å². The highest BCUT2D eigenvalue weighted by atomic mass is 35.5. The fraction of sp³-hybridized carbons (Fsp3) is 0.333. The highest BCUT2D eigenvalue weighted by molar-refractivity contribution is 6.02. The van der Waals surface area contributed by atoms with E-state index in [1.165, 1.54) is 4.90 Å². The van der Waals surface area contributed by atoms with Crippen molar-refractivity contribution in [1.82, 2.24) is 4.90 Å². The third-order valence-corrected chi connectivity index (χ3v) is 1.41. The summed E-state index contributed by atoms with van der Waals surface area (Å²) < 4.78 is 0. The normalized spacial score (nSPS) is 16.4. The summed E-state index contributed by atoms with van der Waals surface area (Å²) in [6.45, 7) is 0.279. The molecule has 0 aliphatic carbocycles. The van der Waals surface area contributed by atoms with Gasteiger partial charge < -0.3 is 10.0 Å². The average molecular weight is 174 g/mol. The second kappa shape index (κ2) is 3.26. The van der Waals surface area contributed by atoms with Crippen molar-refractivity contribution >= 4 is 18.2 Å². The predicted molar refractivity (Wildman–Crippen MR) is 42.9 cm³/mol. The molecule has 0 spiro atoms. The van der Waals surface area contributed by atoms with E-state index in [4.69, 9.17) is 15.8 Å². The van der Waals surface area contributed by atoms with E-state index in [-0.39, 0.29) is 36.1 Å². The minimum absolute atomic E-state index is 0. The van der Waals surface area contributed by atoms with Crippen molar-refractivity contribution in [1.29, 1.82) is 10.7 Å². The van der Waals surface area contributed by atoms with Crippen LogP contribution in [-0.4, -0.2) is 29.4 Å². The zero-order valence-corrected chi connectivity index (χ0v) is 6.77. The van der Waals surface area contributed by atoms with E-state index in [0.29, 0.717) is 0 Å². The number of aliphatic hydroxyl groups is 1. The zero-order chi connectivity index (χ0) is 7.72. The maximum absolute atomic E-state index is 9.00. The van der Waals surface area contributed by atoms with Crippen molar-refractivity contribution in [2.24, 2.45) is 0 Å². The predicted octanol–water partition coefficient (Wildman–Crippen LogP) is 0.667. The number of nitrogens with one attached hydrogen (secondary N) is 1. The van der Waals surface area contributed by atoms with Gasteiger partial charge >= 0.3 is 0 Å². The monoisotopic (exact) mass is 173 g/mol. The lowest BCUT2D eigenvalue weighted by Gasteiger charge is -2.07. The molecular formula is C6H8ClN3O. The van der Waals surface area contributed by atoms with Crippen molar-refractivity contribution in [3.63, 3.8) is 0 Å². The fourth-order valence-corrected chi connectivity index (χ4v) is 0.828. The maximum Gasteiger partial charge on any atom is 0.142 e. The average Bonchev–Trinajstić information content (AvgIpc) is 2.09. The molecule has 60 valence electrons. The molecule has 1 aliphatic rings. The Balaban J connectivity index is 0.000001000. The highest BCUT2D eigenvalue weighted by Crippen LogP contribution is 2.13. The van der Waals surface area contributed by atoms with Crippen LogP contribution in [0.2, 0.25) is 0 Å². The van der Waals surface area contributed by atoms with E-state index in [1.807, 2.05) is 0 Å². The number of halogens is 1. The van der Waals surface area contributed by atoms with Gasteiger partial charge in [0.25, 0.3) is 0 Å². The van der Waals surface area contributed by atoms with Gasteiger partial charge in [-0.1, -0.05) is 0 Å². The molecule has 4 nitrogen and oxygen atoms in total. The Hall–Kier alpha value is -1.21. The summed E-state index contributed by atoms with van der Waals surface area (Å²) in [4.78, 5) is 1.51. The van der Waals surface area contributed by atoms with Crippen LogP contribution < -0.4 is 0 Å². The zero-order valence-electron chi connectivity index (χ0n) is 5.96. The molecule has 0 atom stereocenters. The maximum atomic E-state index is 9.00. The van der Waals surface area contributed by atoms with Crippen LogP contribution in [0.25, 0.3) is 0 Å². The van der Waals surface area contributed by atoms with E-state index >= 15 is 0 Å². The summed E-state index contributed by atoms with van der Waals surface area (Å²) in [6.07, 6.45) is 0. The number of aliphatic hydroxyl groups excluding tert-OH is 1. The van der Waals surface area contributed by atoms with Crippen molar-refractivity contribution in [2.45, 2.75) is 0 Å². The summed E-state index contributed by atoms with van der Waals surface area (Å²) in [6, 6.07) is 1.76. The molecule has 0 saturated carbocycles. The Bertz CT molecular complexity index is 253. The van der Waals surface area contributed by atoms with Gasteiger partial charge in [-0.2, -0.15) is 5.26 Å². The second-order valence-corrected chi connectivity index (χ2v) is 2.14. The van der Waals surface area contributed by atoms with Crippen LogP contribution in [0.3, 0.4) is 0 Å². The van der Waals surface area contributed by atoms with Gasteiger partial charge in [-0.05, 0) is 0 Å². The van der Waals surface area contributed by atoms with Crippen LogP contribution >= 0.6 is 12.4 Å². The number of nitrogens with zero attached hydrogens (tertiary/aromatic N) is 2. The molecular weight excluding hydrogens is 166 g/mol. The molecule has 1 aliphatic heterocycles. The standard InChI is InChI=1S/C6H7N3O.ClH/c1-9-3-5(10)4(2-7)6(9)8;/h8,10H,3H2,1H3;1H. The molecule has 0 fully saturated rings. The Morgan fingerprint density at radius 2 is 2.27 bits per heavy atom. The SMILES string of the molecule is CN1CC(O)=C(C#N)C1=N.Cl. The van der Waals surface area contributed by atoms with Gasteiger partial charge in [0.2, 0.25) is 0 Å². The van der Waals surface area contributed by atoms with E-state index in [9.17, 15) is 0 Å². The minimum atomic E-state index is -0.00463. The molecule has 0 aromatic carbocycles. The van der Waals surface area contributed by atoms with Gasteiger partial charge in [0.05, 0.1) is 6.54 Å². The van der Waals surface area contributed by atoms with E-state index in [0.717, 1.165) is 0 Å². The quantitative estimate of drug-likeness (QED) is 0.566. The Morgan fingerprint density at radius 1 is 1.73 bits per heavy atom. The molecule has 0 aromatic rings. The summed E-state index contributed by atoms with van der Waals surface area (Å²) in [7, 11) is 1.66. The first-order chi connectivity index (χ1) is 4.66. The lowest BCUT2D eigenvalue weighted by Crippen LogP contribution is -2.20. The van der Waals surface area contributed by atoms with Gasteiger partial charge in [0, 0.05) is 7.05 Å². The first-order valence-electron chi connectivity index (χ1n) is 2.79.